The number of nitrogens with zero attached hydrogens (tertiary/aromatic N) is 4. The quantitative estimate of drug-likeness (QED) is 0.190. The first kappa shape index (κ1) is 28.3. The zero-order valence-electron chi connectivity index (χ0n) is 28.3. The lowest BCUT2D eigenvalue weighted by atomic mass is 9.82. The van der Waals surface area contributed by atoms with Crippen LogP contribution in [0.5, 0.6) is 0 Å². The Labute approximate surface area is 294 Å². The molecule has 10 aromatic rings. The van der Waals surface area contributed by atoms with Crippen LogP contribution >= 0.6 is 0 Å². The molecule has 240 valence electrons. The Morgan fingerprint density at radius 2 is 1.12 bits per heavy atom. The molecule has 0 spiro atoms. The zero-order chi connectivity index (χ0) is 33.8. The Balaban J connectivity index is 1.08. The predicted molar refractivity (Wildman–Crippen MR) is 211 cm³/mol. The second-order valence-electron chi connectivity index (χ2n) is 14.3. The van der Waals surface area contributed by atoms with Gasteiger partial charge in [-0.15, -0.1) is 0 Å². The van der Waals surface area contributed by atoms with Crippen LogP contribution in [0.25, 0.3) is 88.1 Å². The summed E-state index contributed by atoms with van der Waals surface area (Å²) in [5.74, 6) is 0.817. The lowest BCUT2D eigenvalue weighted by molar-refractivity contribution is 0.660. The Morgan fingerprint density at radius 3 is 1.82 bits per heavy atom. The molecule has 0 radical (unpaired) electrons. The zero-order valence-corrected chi connectivity index (χ0v) is 28.3. The van der Waals surface area contributed by atoms with Crippen LogP contribution in [0.15, 0.2) is 158 Å². The first-order valence-corrected chi connectivity index (χ1v) is 17.6. The van der Waals surface area contributed by atoms with E-state index in [4.69, 9.17) is 0 Å². The molecule has 0 saturated heterocycles. The Morgan fingerprint density at radius 1 is 0.490 bits per heavy atom. The third-order valence-electron chi connectivity index (χ3n) is 11.3. The van der Waals surface area contributed by atoms with E-state index in [-0.39, 0.29) is 5.41 Å². The molecule has 4 heteroatoms. The minimum absolute atomic E-state index is 0.106. The first-order chi connectivity index (χ1) is 25.1. The topological polar surface area (TPSA) is 35.6 Å². The standard InChI is InChI=1S/C47H32N4/c1-47(2)39-20-15-29-9-3-4-10-33(29)46(39)36-19-18-32(27-40(36)47)50-41-13-7-5-11-34(41)37-25-30(16-21-43(37)50)31-17-22-44-38(26-31)35-12-6-8-14-42(35)51(44)45-28-48-23-24-49-45/h3-28H,1-2H3. The van der Waals surface area contributed by atoms with Gasteiger partial charge in [0.2, 0.25) is 0 Å². The average Bonchev–Trinajstić information content (AvgIpc) is 3.77. The molecular formula is C47H32N4. The van der Waals surface area contributed by atoms with Crippen molar-refractivity contribution in [3.05, 3.63) is 169 Å². The maximum atomic E-state index is 4.64. The van der Waals surface area contributed by atoms with Crippen molar-refractivity contribution in [1.29, 1.82) is 0 Å². The third kappa shape index (κ3) is 3.90. The molecule has 0 aliphatic heterocycles. The van der Waals surface area contributed by atoms with Crippen LogP contribution in [-0.4, -0.2) is 19.1 Å². The van der Waals surface area contributed by atoms with Crippen molar-refractivity contribution in [2.75, 3.05) is 0 Å². The molecule has 1 aliphatic rings. The monoisotopic (exact) mass is 652 g/mol. The summed E-state index contributed by atoms with van der Waals surface area (Å²) in [5, 5.41) is 7.52. The summed E-state index contributed by atoms with van der Waals surface area (Å²) in [4.78, 5) is 9.00. The lowest BCUT2D eigenvalue weighted by Crippen LogP contribution is -2.15. The lowest BCUT2D eigenvalue weighted by Gasteiger charge is -2.22. The number of aromatic nitrogens is 4. The summed E-state index contributed by atoms with van der Waals surface area (Å²) in [5.41, 5.74) is 13.6. The SMILES string of the molecule is CC1(C)c2cc(-n3c4ccccc4c4cc(-c5ccc6c(c5)c5ccccc5n6-c5cnccn5)ccc43)ccc2-c2c1ccc1ccccc21. The molecule has 3 heterocycles. The summed E-state index contributed by atoms with van der Waals surface area (Å²) in [6, 6.07) is 51.6. The van der Waals surface area contributed by atoms with E-state index in [9.17, 15) is 0 Å². The fourth-order valence-electron chi connectivity index (χ4n) is 8.87. The van der Waals surface area contributed by atoms with Crippen LogP contribution in [-0.2, 0) is 5.41 Å². The van der Waals surface area contributed by atoms with Crippen LogP contribution in [0.1, 0.15) is 25.0 Å². The highest BCUT2D eigenvalue weighted by Gasteiger charge is 2.36. The summed E-state index contributed by atoms with van der Waals surface area (Å²) in [6.45, 7) is 4.74. The maximum absolute atomic E-state index is 4.64. The van der Waals surface area contributed by atoms with Gasteiger partial charge in [-0.2, -0.15) is 0 Å². The summed E-state index contributed by atoms with van der Waals surface area (Å²) in [7, 11) is 0. The molecule has 0 unspecified atom stereocenters. The minimum Gasteiger partial charge on any atom is -0.309 e. The van der Waals surface area contributed by atoms with E-state index in [0.29, 0.717) is 0 Å². The summed E-state index contributed by atoms with van der Waals surface area (Å²) < 4.78 is 4.65. The van der Waals surface area contributed by atoms with Crippen molar-refractivity contribution in [1.82, 2.24) is 19.1 Å². The van der Waals surface area contributed by atoms with Gasteiger partial charge in [0.15, 0.2) is 5.82 Å². The van der Waals surface area contributed by atoms with Crippen molar-refractivity contribution in [2.45, 2.75) is 19.3 Å². The van der Waals surface area contributed by atoms with Crippen LogP contribution in [0.2, 0.25) is 0 Å². The van der Waals surface area contributed by atoms with Crippen molar-refractivity contribution < 1.29 is 0 Å². The predicted octanol–water partition coefficient (Wildman–Crippen LogP) is 11.8. The van der Waals surface area contributed by atoms with Gasteiger partial charge in [0.05, 0.1) is 28.3 Å². The Kier molecular flexibility index (Phi) is 5.70. The maximum Gasteiger partial charge on any atom is 0.156 e. The largest absolute Gasteiger partial charge is 0.309 e. The van der Waals surface area contributed by atoms with Gasteiger partial charge in [-0.3, -0.25) is 9.55 Å². The van der Waals surface area contributed by atoms with Gasteiger partial charge < -0.3 is 4.57 Å². The highest BCUT2D eigenvalue weighted by Crippen LogP contribution is 2.52. The number of rotatable bonds is 3. The first-order valence-electron chi connectivity index (χ1n) is 17.6. The van der Waals surface area contributed by atoms with Crippen molar-refractivity contribution >= 4 is 54.4 Å². The number of hydrogen-bond donors (Lipinski definition) is 0. The molecule has 0 N–H and O–H groups in total. The number of benzene rings is 7. The van der Waals surface area contributed by atoms with Crippen molar-refractivity contribution in [2.24, 2.45) is 0 Å². The van der Waals surface area contributed by atoms with E-state index in [0.717, 1.165) is 16.9 Å². The Hall–Kier alpha value is -6.52. The highest BCUT2D eigenvalue weighted by molar-refractivity contribution is 6.13. The number of hydrogen-bond acceptors (Lipinski definition) is 2. The molecule has 1 aliphatic carbocycles. The van der Waals surface area contributed by atoms with Crippen LogP contribution < -0.4 is 0 Å². The molecule has 51 heavy (non-hydrogen) atoms. The van der Waals surface area contributed by atoms with Crippen molar-refractivity contribution in [3.63, 3.8) is 0 Å². The van der Waals surface area contributed by atoms with Crippen LogP contribution in [0.3, 0.4) is 0 Å². The van der Waals surface area contributed by atoms with Gasteiger partial charge in [0.25, 0.3) is 0 Å². The number of fused-ring (bicyclic) bond motifs is 11. The Bertz CT molecular complexity index is 3050. The fraction of sp³-hybridized carbons (Fsp3) is 0.0638. The van der Waals surface area contributed by atoms with Crippen molar-refractivity contribution in [3.8, 4) is 33.8 Å². The fourth-order valence-corrected chi connectivity index (χ4v) is 8.87. The molecular weight excluding hydrogens is 621 g/mol. The van der Waals surface area contributed by atoms with E-state index < -0.39 is 0 Å². The van der Waals surface area contributed by atoms with Gasteiger partial charge in [0, 0.05) is 45.0 Å². The summed E-state index contributed by atoms with van der Waals surface area (Å²) in [6.07, 6.45) is 5.29. The second-order valence-corrected chi connectivity index (χ2v) is 14.3. The molecule has 0 saturated carbocycles. The van der Waals surface area contributed by atoms with E-state index in [1.807, 2.05) is 6.20 Å². The summed E-state index contributed by atoms with van der Waals surface area (Å²) >= 11 is 0. The van der Waals surface area contributed by atoms with E-state index in [1.165, 1.54) is 82.4 Å². The van der Waals surface area contributed by atoms with Gasteiger partial charge >= 0.3 is 0 Å². The van der Waals surface area contributed by atoms with E-state index in [2.05, 4.69) is 172 Å². The highest BCUT2D eigenvalue weighted by atomic mass is 15.1. The van der Waals surface area contributed by atoms with E-state index >= 15 is 0 Å². The van der Waals surface area contributed by atoms with Crippen LogP contribution in [0.4, 0.5) is 0 Å². The molecule has 0 atom stereocenters. The molecule has 0 bridgehead atoms. The van der Waals surface area contributed by atoms with Gasteiger partial charge in [0.1, 0.15) is 0 Å². The molecule has 7 aromatic carbocycles. The molecule has 4 nitrogen and oxygen atoms in total. The smallest absolute Gasteiger partial charge is 0.156 e. The second kappa shape index (κ2) is 10.3. The van der Waals surface area contributed by atoms with E-state index in [1.54, 1.807) is 12.4 Å². The molecule has 0 amide bonds. The minimum atomic E-state index is -0.106. The normalized spacial score (nSPS) is 13.5. The average molecular weight is 653 g/mol. The van der Waals surface area contributed by atoms with Crippen LogP contribution in [0, 0.1) is 0 Å². The molecule has 3 aromatic heterocycles. The van der Waals surface area contributed by atoms with Gasteiger partial charge in [-0.05, 0) is 92.7 Å². The molecule has 0 fully saturated rings. The number of para-hydroxylation sites is 2. The van der Waals surface area contributed by atoms with Gasteiger partial charge in [-0.25, -0.2) is 4.98 Å². The third-order valence-corrected chi connectivity index (χ3v) is 11.3. The molecule has 11 rings (SSSR count). The van der Waals surface area contributed by atoms with Gasteiger partial charge in [-0.1, -0.05) is 105 Å².